The van der Waals surface area contributed by atoms with E-state index in [0.717, 1.165) is 0 Å². The third-order valence-electron chi connectivity index (χ3n) is 4.38. The molecule has 2 fully saturated rings. The summed E-state index contributed by atoms with van der Waals surface area (Å²) in [5, 5.41) is 0. The van der Waals surface area contributed by atoms with E-state index in [-0.39, 0.29) is 30.3 Å². The van der Waals surface area contributed by atoms with Crippen LogP contribution in [0.2, 0.25) is 0 Å². The predicted molar refractivity (Wildman–Crippen MR) is 88.7 cm³/mol. The van der Waals surface area contributed by atoms with Crippen LogP contribution in [-0.2, 0) is 17.3 Å². The number of aromatic amines is 2. The van der Waals surface area contributed by atoms with E-state index in [1.165, 1.54) is 4.57 Å². The van der Waals surface area contributed by atoms with E-state index in [1.54, 1.807) is 30.1 Å². The Morgan fingerprint density at radius 1 is 1.50 bits per heavy atom. The third-order valence-corrected chi connectivity index (χ3v) is 4.69. The zero-order chi connectivity index (χ0) is 17.1. The molecule has 24 heavy (non-hydrogen) atoms. The number of nitrogen functional groups attached to an aromatic ring is 1. The van der Waals surface area contributed by atoms with Gasteiger partial charge < -0.3 is 23.0 Å². The summed E-state index contributed by atoms with van der Waals surface area (Å²) in [7, 11) is 1.54. The lowest BCUT2D eigenvalue weighted by Gasteiger charge is -2.30. The van der Waals surface area contributed by atoms with Crippen LogP contribution in [0.3, 0.4) is 0 Å². The van der Waals surface area contributed by atoms with Crippen LogP contribution in [0.1, 0.15) is 6.23 Å². The highest BCUT2D eigenvalue weighted by Crippen LogP contribution is 2.46. The van der Waals surface area contributed by atoms with E-state index in [4.69, 9.17) is 23.0 Å². The van der Waals surface area contributed by atoms with Crippen LogP contribution in [0.25, 0.3) is 11.2 Å². The molecule has 2 aliphatic heterocycles. The van der Waals surface area contributed by atoms with Gasteiger partial charge in [0.1, 0.15) is 40.8 Å². The molecular weight excluding hydrogens is 437 g/mol. The average Bonchev–Trinajstić information content (AvgIpc) is 3.13. The number of halogens is 1. The summed E-state index contributed by atoms with van der Waals surface area (Å²) >= 11 is 1.77. The van der Waals surface area contributed by atoms with Gasteiger partial charge in [-0.25, -0.2) is 9.36 Å². The van der Waals surface area contributed by atoms with Crippen molar-refractivity contribution in [2.45, 2.75) is 24.0 Å². The van der Waals surface area contributed by atoms with Crippen LogP contribution in [0.15, 0.2) is 9.59 Å². The molecule has 12 heteroatoms. The standard InChI is InChI=1S/C12H14IN5O6/c1-21-6-5-9(24-12(6,2-22-5)3-23-13)18-7-4(15-11(18)20)8(19)17-10(14)16-7/h5-6,9H,2-3H2,1H3,(H,15,20)(H3,14,16,17,19)/t5?,6?,9-,12-/m1/s1. The number of fused-ring (bicyclic) bond motifs is 3. The van der Waals surface area contributed by atoms with Gasteiger partial charge in [0.25, 0.3) is 5.56 Å². The number of nitrogens with two attached hydrogens (primary N) is 1. The van der Waals surface area contributed by atoms with E-state index < -0.39 is 35.3 Å². The van der Waals surface area contributed by atoms with Crippen molar-refractivity contribution in [2.24, 2.45) is 0 Å². The zero-order valence-corrected chi connectivity index (χ0v) is 14.6. The smallest absolute Gasteiger partial charge is 0.330 e. The fraction of sp³-hybridized carbons (Fsp3) is 0.583. The van der Waals surface area contributed by atoms with Crippen molar-refractivity contribution < 1.29 is 17.3 Å². The Hall–Kier alpha value is -1.48. The van der Waals surface area contributed by atoms with Gasteiger partial charge in [-0.1, -0.05) is 0 Å². The van der Waals surface area contributed by atoms with Gasteiger partial charge in [-0.3, -0.25) is 14.8 Å². The maximum Gasteiger partial charge on any atom is 0.330 e. The fourth-order valence-corrected chi connectivity index (χ4v) is 3.94. The maximum absolute atomic E-state index is 12.4. The minimum Gasteiger partial charge on any atom is -0.375 e. The predicted octanol–water partition coefficient (Wildman–Crippen LogP) is -0.957. The molecule has 0 radical (unpaired) electrons. The van der Waals surface area contributed by atoms with Crippen LogP contribution in [0.5, 0.6) is 0 Å². The van der Waals surface area contributed by atoms with Crippen LogP contribution < -0.4 is 17.0 Å². The van der Waals surface area contributed by atoms with Crippen molar-refractivity contribution in [2.75, 3.05) is 26.1 Å². The monoisotopic (exact) mass is 451 g/mol. The van der Waals surface area contributed by atoms with Gasteiger partial charge >= 0.3 is 5.69 Å². The number of rotatable bonds is 4. The van der Waals surface area contributed by atoms with Crippen molar-refractivity contribution in [3.63, 3.8) is 0 Å². The number of methoxy groups -OCH3 is 1. The molecule has 2 saturated heterocycles. The second-order valence-corrected chi connectivity index (χ2v) is 6.33. The molecule has 4 heterocycles. The highest BCUT2D eigenvalue weighted by atomic mass is 127. The Balaban J connectivity index is 1.86. The van der Waals surface area contributed by atoms with Crippen LogP contribution >= 0.6 is 23.0 Å². The lowest BCUT2D eigenvalue weighted by Crippen LogP contribution is -2.45. The van der Waals surface area contributed by atoms with Gasteiger partial charge in [-0.05, 0) is 0 Å². The molecule has 0 saturated carbocycles. The Labute approximate surface area is 148 Å². The molecule has 4 rings (SSSR count). The summed E-state index contributed by atoms with van der Waals surface area (Å²) in [6, 6.07) is 0. The van der Waals surface area contributed by atoms with Gasteiger partial charge in [0.15, 0.2) is 17.4 Å². The molecule has 130 valence electrons. The molecule has 2 bridgehead atoms. The largest absolute Gasteiger partial charge is 0.375 e. The number of anilines is 1. The minimum atomic E-state index is -0.832. The number of ether oxygens (including phenoxy) is 3. The fourth-order valence-electron chi connectivity index (χ4n) is 3.41. The van der Waals surface area contributed by atoms with Crippen molar-refractivity contribution in [3.8, 4) is 0 Å². The zero-order valence-electron chi connectivity index (χ0n) is 12.4. The number of nitrogens with one attached hydrogen (secondary N) is 2. The quantitative estimate of drug-likeness (QED) is 0.504. The molecule has 0 spiro atoms. The van der Waals surface area contributed by atoms with E-state index in [9.17, 15) is 9.59 Å². The topological polar surface area (TPSA) is 146 Å². The van der Waals surface area contributed by atoms with E-state index in [1.807, 2.05) is 0 Å². The summed E-state index contributed by atoms with van der Waals surface area (Å²) < 4.78 is 23.8. The van der Waals surface area contributed by atoms with Gasteiger partial charge in [-0.15, -0.1) is 0 Å². The van der Waals surface area contributed by atoms with Gasteiger partial charge in [-0.2, -0.15) is 4.98 Å². The number of hydrogen-bond donors (Lipinski definition) is 3. The van der Waals surface area contributed by atoms with E-state index in [0.29, 0.717) is 0 Å². The second kappa shape index (κ2) is 5.52. The second-order valence-electron chi connectivity index (χ2n) is 5.71. The van der Waals surface area contributed by atoms with Crippen LogP contribution in [0, 0.1) is 0 Å². The maximum atomic E-state index is 12.4. The molecule has 0 aromatic carbocycles. The van der Waals surface area contributed by atoms with Gasteiger partial charge in [0.2, 0.25) is 5.95 Å². The first-order valence-electron chi connectivity index (χ1n) is 7.06. The first-order chi connectivity index (χ1) is 11.5. The first-order valence-corrected chi connectivity index (χ1v) is 7.94. The minimum absolute atomic E-state index is 0.0220. The molecule has 0 amide bonds. The van der Waals surface area contributed by atoms with Gasteiger partial charge in [0.05, 0.1) is 13.2 Å². The summed E-state index contributed by atoms with van der Waals surface area (Å²) in [5.74, 6) is -0.0991. The Kier molecular flexibility index (Phi) is 3.68. The van der Waals surface area contributed by atoms with Crippen molar-refractivity contribution in [3.05, 3.63) is 20.8 Å². The van der Waals surface area contributed by atoms with Crippen LogP contribution in [0.4, 0.5) is 5.95 Å². The summed E-state index contributed by atoms with van der Waals surface area (Å²) in [4.78, 5) is 33.2. The first kappa shape index (κ1) is 16.0. The molecule has 0 aliphatic carbocycles. The molecule has 2 unspecified atom stereocenters. The molecule has 4 atom stereocenters. The third kappa shape index (κ3) is 2.07. The molecule has 2 aromatic rings. The van der Waals surface area contributed by atoms with Crippen molar-refractivity contribution in [1.29, 1.82) is 0 Å². The lowest BCUT2D eigenvalue weighted by molar-refractivity contribution is -0.181. The Morgan fingerprint density at radius 3 is 3.00 bits per heavy atom. The summed E-state index contributed by atoms with van der Waals surface area (Å²) in [5.41, 5.74) is 3.80. The van der Waals surface area contributed by atoms with Crippen LogP contribution in [-0.4, -0.2) is 57.7 Å². The Bertz CT molecular complexity index is 907. The molecule has 2 aromatic heterocycles. The number of aromatic nitrogens is 4. The van der Waals surface area contributed by atoms with E-state index in [2.05, 4.69) is 15.0 Å². The van der Waals surface area contributed by atoms with Crippen molar-refractivity contribution in [1.82, 2.24) is 19.5 Å². The SMILES string of the molecule is COC1C2OC[C@]1(COI)O[C@H]2n1c(=O)[nH]c2c(=O)[nH]c(N)nc21. The Morgan fingerprint density at radius 2 is 2.29 bits per heavy atom. The molecule has 2 aliphatic rings. The number of hydrogen-bond acceptors (Lipinski definition) is 8. The highest BCUT2D eigenvalue weighted by molar-refractivity contribution is 14.1. The normalized spacial score (nSPS) is 32.0. The molecule has 4 N–H and O–H groups in total. The average molecular weight is 451 g/mol. The highest BCUT2D eigenvalue weighted by Gasteiger charge is 2.63. The lowest BCUT2D eigenvalue weighted by atomic mass is 10.0. The molecular formula is C12H14IN5O6. The van der Waals surface area contributed by atoms with Gasteiger partial charge in [0, 0.05) is 7.11 Å². The van der Waals surface area contributed by atoms with E-state index >= 15 is 0 Å². The number of H-pyrrole nitrogens is 2. The molecule has 11 nitrogen and oxygen atoms in total. The number of imidazole rings is 1. The summed E-state index contributed by atoms with van der Waals surface area (Å²) in [6.07, 6.45) is -1.78. The number of nitrogens with zero attached hydrogens (tertiary/aromatic N) is 2. The summed E-state index contributed by atoms with van der Waals surface area (Å²) in [6.45, 7) is 0.509. The van der Waals surface area contributed by atoms with Crippen molar-refractivity contribution >= 4 is 40.1 Å².